The minimum Gasteiger partial charge on any atom is -0.315 e. The Hall–Kier alpha value is -4.10. The van der Waals surface area contributed by atoms with Crippen molar-refractivity contribution in [3.05, 3.63) is 95.0 Å². The number of halogens is 1. The molecule has 2 N–H and O–H groups in total. The van der Waals surface area contributed by atoms with Crippen LogP contribution >= 0.6 is 11.6 Å². The number of benzene rings is 3. The number of urea groups is 1. The largest absolute Gasteiger partial charge is 0.322 e. The SMILES string of the molecule is CCCN(CC(=O)Nc1cc(-c2ccccc2)nn1-c1ccc(C)cc1C)C(=O)Nc1ccc(Cl)cc1. The number of nitrogens with one attached hydrogen (secondary N) is 2. The molecule has 0 aliphatic heterocycles. The Morgan fingerprint density at radius 1 is 0.946 bits per heavy atom. The lowest BCUT2D eigenvalue weighted by atomic mass is 10.1. The fourth-order valence-corrected chi connectivity index (χ4v) is 4.19. The second-order valence-electron chi connectivity index (χ2n) is 8.89. The van der Waals surface area contributed by atoms with E-state index in [0.29, 0.717) is 29.5 Å². The molecule has 3 aromatic carbocycles. The van der Waals surface area contributed by atoms with Gasteiger partial charge in [-0.3, -0.25) is 4.79 Å². The first-order chi connectivity index (χ1) is 17.8. The van der Waals surface area contributed by atoms with Gasteiger partial charge in [-0.2, -0.15) is 5.10 Å². The van der Waals surface area contributed by atoms with Gasteiger partial charge in [-0.05, 0) is 56.2 Å². The molecule has 7 nitrogen and oxygen atoms in total. The number of anilines is 2. The molecular formula is C29H30ClN5O2. The maximum atomic E-state index is 13.2. The molecule has 0 saturated carbocycles. The average molecular weight is 516 g/mol. The highest BCUT2D eigenvalue weighted by Gasteiger charge is 2.20. The van der Waals surface area contributed by atoms with Crippen LogP contribution in [0.5, 0.6) is 0 Å². The van der Waals surface area contributed by atoms with Crippen LogP contribution in [-0.2, 0) is 4.79 Å². The Bertz CT molecular complexity index is 1380. The molecule has 0 spiro atoms. The number of hydrogen-bond donors (Lipinski definition) is 2. The van der Waals surface area contributed by atoms with E-state index in [1.807, 2.05) is 69.3 Å². The van der Waals surface area contributed by atoms with E-state index in [4.69, 9.17) is 16.7 Å². The van der Waals surface area contributed by atoms with Crippen molar-refractivity contribution in [2.75, 3.05) is 23.7 Å². The third-order valence-electron chi connectivity index (χ3n) is 5.84. The van der Waals surface area contributed by atoms with Crippen LogP contribution in [0, 0.1) is 13.8 Å². The number of nitrogens with zero attached hydrogens (tertiary/aromatic N) is 3. The van der Waals surface area contributed by atoms with Crippen LogP contribution in [-0.4, -0.2) is 39.7 Å². The van der Waals surface area contributed by atoms with Crippen molar-refractivity contribution in [2.24, 2.45) is 0 Å². The highest BCUT2D eigenvalue weighted by molar-refractivity contribution is 6.30. The van der Waals surface area contributed by atoms with E-state index in [2.05, 4.69) is 16.7 Å². The summed E-state index contributed by atoms with van der Waals surface area (Å²) in [7, 11) is 0. The Morgan fingerprint density at radius 2 is 1.68 bits per heavy atom. The summed E-state index contributed by atoms with van der Waals surface area (Å²) in [6.45, 7) is 6.34. The fourth-order valence-electron chi connectivity index (χ4n) is 4.06. The van der Waals surface area contributed by atoms with Gasteiger partial charge in [0.05, 0.1) is 11.4 Å². The lowest BCUT2D eigenvalue weighted by Crippen LogP contribution is -2.41. The Kier molecular flexibility index (Phi) is 8.25. The number of aryl methyl sites for hydroxylation is 2. The number of rotatable bonds is 8. The van der Waals surface area contributed by atoms with Crippen molar-refractivity contribution in [3.8, 4) is 16.9 Å². The van der Waals surface area contributed by atoms with E-state index in [1.54, 1.807) is 28.9 Å². The van der Waals surface area contributed by atoms with Crippen LogP contribution in [0.2, 0.25) is 5.02 Å². The summed E-state index contributed by atoms with van der Waals surface area (Å²) in [6, 6.07) is 24.2. The number of carbonyl (C=O) groups excluding carboxylic acids is 2. The molecule has 190 valence electrons. The summed E-state index contributed by atoms with van der Waals surface area (Å²) in [5.74, 6) is 0.218. The molecule has 0 radical (unpaired) electrons. The molecule has 0 unspecified atom stereocenters. The van der Waals surface area contributed by atoms with E-state index in [9.17, 15) is 9.59 Å². The Morgan fingerprint density at radius 3 is 2.35 bits per heavy atom. The standard InChI is InChI=1S/C29H30ClN5O2/c1-4-16-34(29(37)31-24-13-11-23(30)12-14-24)19-28(36)32-27-18-25(22-8-6-5-7-9-22)33-35(27)26-15-10-20(2)17-21(26)3/h5-15,17-18H,4,16,19H2,1-3H3,(H,31,37)(H,32,36). The van der Waals surface area contributed by atoms with Crippen LogP contribution in [0.1, 0.15) is 24.5 Å². The molecule has 37 heavy (non-hydrogen) atoms. The van der Waals surface area contributed by atoms with Gasteiger partial charge in [-0.1, -0.05) is 66.6 Å². The Labute approximate surface area is 222 Å². The molecule has 1 heterocycles. The molecule has 8 heteroatoms. The highest BCUT2D eigenvalue weighted by Crippen LogP contribution is 2.26. The second-order valence-corrected chi connectivity index (χ2v) is 9.33. The minimum absolute atomic E-state index is 0.105. The van der Waals surface area contributed by atoms with Gasteiger partial charge < -0.3 is 15.5 Å². The lowest BCUT2D eigenvalue weighted by Gasteiger charge is -2.22. The van der Waals surface area contributed by atoms with Crippen LogP contribution < -0.4 is 10.6 Å². The molecule has 0 atom stereocenters. The fraction of sp³-hybridized carbons (Fsp3) is 0.207. The first kappa shape index (κ1) is 26.0. The van der Waals surface area contributed by atoms with Gasteiger partial charge >= 0.3 is 6.03 Å². The summed E-state index contributed by atoms with van der Waals surface area (Å²) in [6.07, 6.45) is 0.708. The zero-order valence-electron chi connectivity index (χ0n) is 21.2. The summed E-state index contributed by atoms with van der Waals surface area (Å²) < 4.78 is 1.74. The van der Waals surface area contributed by atoms with E-state index < -0.39 is 0 Å². The first-order valence-electron chi connectivity index (χ1n) is 12.2. The molecule has 4 aromatic rings. The van der Waals surface area contributed by atoms with Crippen molar-refractivity contribution < 1.29 is 9.59 Å². The maximum Gasteiger partial charge on any atom is 0.322 e. The smallest absolute Gasteiger partial charge is 0.315 e. The number of carbonyl (C=O) groups is 2. The zero-order valence-corrected chi connectivity index (χ0v) is 21.9. The van der Waals surface area contributed by atoms with E-state index in [-0.39, 0.29) is 18.5 Å². The van der Waals surface area contributed by atoms with Gasteiger partial charge in [0.1, 0.15) is 12.4 Å². The normalized spacial score (nSPS) is 10.7. The predicted octanol–water partition coefficient (Wildman–Crippen LogP) is 6.69. The zero-order chi connectivity index (χ0) is 26.4. The molecule has 0 saturated heterocycles. The average Bonchev–Trinajstić information content (AvgIpc) is 3.29. The quantitative estimate of drug-likeness (QED) is 0.274. The van der Waals surface area contributed by atoms with Crippen molar-refractivity contribution in [1.29, 1.82) is 0 Å². The third-order valence-corrected chi connectivity index (χ3v) is 6.09. The van der Waals surface area contributed by atoms with Gasteiger partial charge in [-0.25, -0.2) is 9.48 Å². The van der Waals surface area contributed by atoms with Crippen LogP contribution in [0.25, 0.3) is 16.9 Å². The topological polar surface area (TPSA) is 79.3 Å². The van der Waals surface area contributed by atoms with Crippen LogP contribution in [0.3, 0.4) is 0 Å². The van der Waals surface area contributed by atoms with Crippen molar-refractivity contribution in [1.82, 2.24) is 14.7 Å². The lowest BCUT2D eigenvalue weighted by molar-refractivity contribution is -0.116. The monoisotopic (exact) mass is 515 g/mol. The number of aromatic nitrogens is 2. The van der Waals surface area contributed by atoms with E-state index in [0.717, 1.165) is 28.1 Å². The maximum absolute atomic E-state index is 13.2. The van der Waals surface area contributed by atoms with Crippen LogP contribution in [0.4, 0.5) is 16.3 Å². The van der Waals surface area contributed by atoms with Gasteiger partial charge in [-0.15, -0.1) is 0 Å². The van der Waals surface area contributed by atoms with Crippen molar-refractivity contribution in [2.45, 2.75) is 27.2 Å². The molecule has 4 rings (SSSR count). The van der Waals surface area contributed by atoms with Gasteiger partial charge in [0.2, 0.25) is 5.91 Å². The van der Waals surface area contributed by atoms with Gasteiger partial charge in [0, 0.05) is 28.9 Å². The molecule has 0 bridgehead atoms. The van der Waals surface area contributed by atoms with Gasteiger partial charge in [0.25, 0.3) is 0 Å². The molecular weight excluding hydrogens is 486 g/mol. The second kappa shape index (κ2) is 11.8. The van der Waals surface area contributed by atoms with Gasteiger partial charge in [0.15, 0.2) is 0 Å². The van der Waals surface area contributed by atoms with Crippen molar-refractivity contribution in [3.63, 3.8) is 0 Å². The van der Waals surface area contributed by atoms with Crippen LogP contribution in [0.15, 0.2) is 78.9 Å². The third kappa shape index (κ3) is 6.57. The molecule has 0 aliphatic rings. The molecule has 0 aliphatic carbocycles. The minimum atomic E-state index is -0.354. The number of hydrogen-bond acceptors (Lipinski definition) is 3. The first-order valence-corrected chi connectivity index (χ1v) is 12.6. The highest BCUT2D eigenvalue weighted by atomic mass is 35.5. The van der Waals surface area contributed by atoms with E-state index in [1.165, 1.54) is 4.90 Å². The summed E-state index contributed by atoms with van der Waals surface area (Å²) in [5.41, 5.74) is 5.33. The molecule has 3 amide bonds. The van der Waals surface area contributed by atoms with Crippen molar-refractivity contribution >= 4 is 35.0 Å². The summed E-state index contributed by atoms with van der Waals surface area (Å²) in [5, 5.41) is 11.2. The summed E-state index contributed by atoms with van der Waals surface area (Å²) in [4.78, 5) is 27.6. The number of amides is 3. The predicted molar refractivity (Wildman–Crippen MR) is 149 cm³/mol. The summed E-state index contributed by atoms with van der Waals surface area (Å²) >= 11 is 5.94. The molecule has 1 aromatic heterocycles. The van der Waals surface area contributed by atoms with E-state index >= 15 is 0 Å². The Balaban J connectivity index is 1.57. The molecule has 0 fully saturated rings.